The highest BCUT2D eigenvalue weighted by Gasteiger charge is 2.30. The van der Waals surface area contributed by atoms with Gasteiger partial charge < -0.3 is 10.6 Å². The van der Waals surface area contributed by atoms with Crippen molar-refractivity contribution in [3.63, 3.8) is 0 Å². The van der Waals surface area contributed by atoms with Crippen molar-refractivity contribution < 1.29 is 4.79 Å². The van der Waals surface area contributed by atoms with E-state index in [2.05, 4.69) is 36.3 Å². The van der Waals surface area contributed by atoms with Crippen molar-refractivity contribution in [1.29, 1.82) is 0 Å². The Balaban J connectivity index is 2.32. The molecule has 2 N–H and O–H groups in total. The minimum absolute atomic E-state index is 0.00111. The molecule has 124 valence electrons. The van der Waals surface area contributed by atoms with E-state index in [1.807, 2.05) is 6.92 Å². The Labute approximate surface area is 131 Å². The number of hydrogen-bond acceptors (Lipinski definition) is 3. The van der Waals surface area contributed by atoms with Gasteiger partial charge in [-0.25, -0.2) is 0 Å². The van der Waals surface area contributed by atoms with Crippen molar-refractivity contribution in [1.82, 2.24) is 15.5 Å². The minimum atomic E-state index is 0.00111. The first kappa shape index (κ1) is 18.4. The fraction of sp³-hybridized carbons (Fsp3) is 0.941. The van der Waals surface area contributed by atoms with E-state index in [1.165, 1.54) is 19.3 Å². The van der Waals surface area contributed by atoms with Gasteiger partial charge in [-0.15, -0.1) is 0 Å². The molecule has 0 aliphatic carbocycles. The summed E-state index contributed by atoms with van der Waals surface area (Å²) >= 11 is 0. The highest BCUT2D eigenvalue weighted by atomic mass is 16.2. The third-order valence-corrected chi connectivity index (χ3v) is 4.60. The average Bonchev–Trinajstić information content (AvgIpc) is 2.49. The van der Waals surface area contributed by atoms with Crippen LogP contribution in [0.2, 0.25) is 0 Å². The molecule has 4 nitrogen and oxygen atoms in total. The molecule has 3 atom stereocenters. The van der Waals surface area contributed by atoms with Gasteiger partial charge >= 0.3 is 0 Å². The van der Waals surface area contributed by atoms with Crippen LogP contribution in [0.3, 0.4) is 0 Å². The van der Waals surface area contributed by atoms with E-state index in [4.69, 9.17) is 0 Å². The van der Waals surface area contributed by atoms with Crippen LogP contribution < -0.4 is 10.6 Å². The third kappa shape index (κ3) is 6.35. The topological polar surface area (TPSA) is 44.4 Å². The van der Waals surface area contributed by atoms with Gasteiger partial charge in [-0.05, 0) is 38.6 Å². The van der Waals surface area contributed by atoms with Gasteiger partial charge in [0.2, 0.25) is 5.91 Å². The Morgan fingerprint density at radius 2 is 2.00 bits per heavy atom. The standard InChI is InChI=1S/C17H35N3O/c1-5-7-8-11-19-17(21)15(4)20-12-9-16(14(3)13-20)18-10-6-2/h14-16,18H,5-13H2,1-4H3,(H,19,21). The summed E-state index contributed by atoms with van der Waals surface area (Å²) in [5.74, 6) is 0.805. The first-order valence-electron chi connectivity index (χ1n) is 8.85. The molecule has 0 saturated carbocycles. The Kier molecular flexibility index (Phi) is 8.93. The Morgan fingerprint density at radius 1 is 1.24 bits per heavy atom. The molecular formula is C17H35N3O. The quantitative estimate of drug-likeness (QED) is 0.642. The number of nitrogens with one attached hydrogen (secondary N) is 2. The number of hydrogen-bond donors (Lipinski definition) is 2. The van der Waals surface area contributed by atoms with Gasteiger partial charge in [0, 0.05) is 25.7 Å². The fourth-order valence-electron chi connectivity index (χ4n) is 3.06. The Morgan fingerprint density at radius 3 is 2.62 bits per heavy atom. The number of amides is 1. The Hall–Kier alpha value is -0.610. The van der Waals surface area contributed by atoms with Crippen molar-refractivity contribution in [2.24, 2.45) is 5.92 Å². The molecule has 4 heteroatoms. The summed E-state index contributed by atoms with van der Waals surface area (Å²) in [5.41, 5.74) is 0. The van der Waals surface area contributed by atoms with E-state index in [-0.39, 0.29) is 11.9 Å². The summed E-state index contributed by atoms with van der Waals surface area (Å²) in [4.78, 5) is 14.5. The lowest BCUT2D eigenvalue weighted by atomic mass is 9.92. The molecule has 21 heavy (non-hydrogen) atoms. The number of carbonyl (C=O) groups excluding carboxylic acids is 1. The molecule has 1 amide bonds. The second-order valence-corrected chi connectivity index (χ2v) is 6.50. The molecule has 0 radical (unpaired) electrons. The molecule has 1 heterocycles. The molecule has 0 aromatic rings. The zero-order chi connectivity index (χ0) is 15.7. The summed E-state index contributed by atoms with van der Waals surface area (Å²) in [6, 6.07) is 0.613. The van der Waals surface area contributed by atoms with Gasteiger partial charge in [0.15, 0.2) is 0 Å². The monoisotopic (exact) mass is 297 g/mol. The van der Waals surface area contributed by atoms with Crippen LogP contribution >= 0.6 is 0 Å². The van der Waals surface area contributed by atoms with Gasteiger partial charge in [0.25, 0.3) is 0 Å². The highest BCUT2D eigenvalue weighted by Crippen LogP contribution is 2.19. The van der Waals surface area contributed by atoms with E-state index < -0.39 is 0 Å². The first-order chi connectivity index (χ1) is 10.1. The van der Waals surface area contributed by atoms with E-state index in [0.717, 1.165) is 39.0 Å². The molecule has 1 saturated heterocycles. The van der Waals surface area contributed by atoms with E-state index in [1.54, 1.807) is 0 Å². The number of piperidine rings is 1. The summed E-state index contributed by atoms with van der Waals surface area (Å²) in [7, 11) is 0. The molecule has 1 aliphatic rings. The largest absolute Gasteiger partial charge is 0.355 e. The van der Waals surface area contributed by atoms with Crippen molar-refractivity contribution in [2.45, 2.75) is 71.9 Å². The molecule has 0 aromatic heterocycles. The third-order valence-electron chi connectivity index (χ3n) is 4.60. The number of carbonyl (C=O) groups is 1. The molecule has 0 spiro atoms. The van der Waals surface area contributed by atoms with Gasteiger partial charge in [-0.2, -0.15) is 0 Å². The zero-order valence-corrected chi connectivity index (χ0v) is 14.5. The summed E-state index contributed by atoms with van der Waals surface area (Å²) < 4.78 is 0. The minimum Gasteiger partial charge on any atom is -0.355 e. The Bertz CT molecular complexity index is 296. The molecular weight excluding hydrogens is 262 g/mol. The zero-order valence-electron chi connectivity index (χ0n) is 14.5. The van der Waals surface area contributed by atoms with Crippen LogP contribution in [0, 0.1) is 5.92 Å². The van der Waals surface area contributed by atoms with Gasteiger partial charge in [0.1, 0.15) is 0 Å². The lowest BCUT2D eigenvalue weighted by Crippen LogP contribution is -2.54. The molecule has 1 rings (SSSR count). The molecule has 1 aliphatic heterocycles. The number of nitrogens with zero attached hydrogens (tertiary/aromatic N) is 1. The van der Waals surface area contributed by atoms with Crippen LogP contribution in [0.5, 0.6) is 0 Å². The van der Waals surface area contributed by atoms with Gasteiger partial charge in [-0.1, -0.05) is 33.6 Å². The lowest BCUT2D eigenvalue weighted by Gasteiger charge is -2.39. The van der Waals surface area contributed by atoms with Crippen LogP contribution in [0.15, 0.2) is 0 Å². The van der Waals surface area contributed by atoms with Gasteiger partial charge in [0.05, 0.1) is 6.04 Å². The molecule has 0 aromatic carbocycles. The van der Waals surface area contributed by atoms with Crippen molar-refractivity contribution >= 4 is 5.91 Å². The van der Waals surface area contributed by atoms with Crippen molar-refractivity contribution in [2.75, 3.05) is 26.2 Å². The van der Waals surface area contributed by atoms with Crippen LogP contribution in [0.25, 0.3) is 0 Å². The van der Waals surface area contributed by atoms with Crippen LogP contribution in [-0.4, -0.2) is 49.1 Å². The number of rotatable bonds is 9. The lowest BCUT2D eigenvalue weighted by molar-refractivity contribution is -0.126. The fourth-order valence-corrected chi connectivity index (χ4v) is 3.06. The van der Waals surface area contributed by atoms with Gasteiger partial charge in [-0.3, -0.25) is 9.69 Å². The number of likely N-dealkylation sites (tertiary alicyclic amines) is 1. The second-order valence-electron chi connectivity index (χ2n) is 6.50. The predicted octanol–water partition coefficient (Wildman–Crippen LogP) is 2.39. The maximum absolute atomic E-state index is 12.2. The SMILES string of the molecule is CCCCCNC(=O)C(C)N1CCC(NCCC)C(C)C1. The summed E-state index contributed by atoms with van der Waals surface area (Å²) in [6.07, 6.45) is 5.81. The summed E-state index contributed by atoms with van der Waals surface area (Å²) in [5, 5.41) is 6.71. The predicted molar refractivity (Wildman–Crippen MR) is 89.4 cm³/mol. The average molecular weight is 297 g/mol. The number of unbranched alkanes of at least 4 members (excludes halogenated alkanes) is 2. The van der Waals surface area contributed by atoms with E-state index in [0.29, 0.717) is 12.0 Å². The summed E-state index contributed by atoms with van der Waals surface area (Å²) in [6.45, 7) is 12.7. The maximum atomic E-state index is 12.2. The van der Waals surface area contributed by atoms with Crippen LogP contribution in [0.1, 0.15) is 59.8 Å². The van der Waals surface area contributed by atoms with Crippen molar-refractivity contribution in [3.05, 3.63) is 0 Å². The van der Waals surface area contributed by atoms with E-state index in [9.17, 15) is 4.79 Å². The normalized spacial score (nSPS) is 24.8. The van der Waals surface area contributed by atoms with Crippen LogP contribution in [-0.2, 0) is 4.79 Å². The van der Waals surface area contributed by atoms with E-state index >= 15 is 0 Å². The highest BCUT2D eigenvalue weighted by molar-refractivity contribution is 5.81. The first-order valence-corrected chi connectivity index (χ1v) is 8.85. The second kappa shape index (κ2) is 10.2. The molecule has 3 unspecified atom stereocenters. The molecule has 0 bridgehead atoms. The smallest absolute Gasteiger partial charge is 0.237 e. The maximum Gasteiger partial charge on any atom is 0.237 e. The van der Waals surface area contributed by atoms with Crippen molar-refractivity contribution in [3.8, 4) is 0 Å². The molecule has 1 fully saturated rings. The van der Waals surface area contributed by atoms with Crippen LogP contribution in [0.4, 0.5) is 0 Å².